The Morgan fingerprint density at radius 3 is 2.62 bits per heavy atom. The minimum Gasteiger partial charge on any atom is -0.399 e. The van der Waals surface area contributed by atoms with Crippen LogP contribution in [0.15, 0.2) is 59.7 Å². The molecule has 0 unspecified atom stereocenters. The summed E-state index contributed by atoms with van der Waals surface area (Å²) in [5.74, 6) is -0.327. The number of carbonyl (C=O) groups is 1. The molecule has 7 heteroatoms. The van der Waals surface area contributed by atoms with E-state index >= 15 is 0 Å². The maximum atomic E-state index is 12.0. The molecule has 0 aliphatic heterocycles. The van der Waals surface area contributed by atoms with Gasteiger partial charge in [0, 0.05) is 11.3 Å². The number of amides is 1. The van der Waals surface area contributed by atoms with E-state index in [1.54, 1.807) is 28.9 Å². The summed E-state index contributed by atoms with van der Waals surface area (Å²) >= 11 is 6.41. The zero-order chi connectivity index (χ0) is 18.5. The van der Waals surface area contributed by atoms with E-state index in [4.69, 9.17) is 17.3 Å². The molecule has 0 bridgehead atoms. The Morgan fingerprint density at radius 2 is 1.92 bits per heavy atom. The summed E-state index contributed by atoms with van der Waals surface area (Å²) in [4.78, 5) is 12.0. The van der Waals surface area contributed by atoms with Gasteiger partial charge in [-0.05, 0) is 36.8 Å². The SMILES string of the molecule is Cc1nn(Cc2ccccc2)c(Cl)c1C=NNC(=O)c1ccc(N)cc1. The molecule has 1 amide bonds. The number of anilines is 1. The topological polar surface area (TPSA) is 85.3 Å². The number of halogens is 1. The highest BCUT2D eigenvalue weighted by Gasteiger charge is 2.12. The third kappa shape index (κ3) is 4.10. The standard InChI is InChI=1S/C19H18ClN5O/c1-13-17(11-22-23-19(26)15-7-9-16(21)10-8-15)18(20)25(24-13)12-14-5-3-2-4-6-14/h2-11H,12,21H2,1H3,(H,23,26). The van der Waals surface area contributed by atoms with E-state index in [1.807, 2.05) is 37.3 Å². The van der Waals surface area contributed by atoms with Gasteiger partial charge in [0.15, 0.2) is 0 Å². The molecular weight excluding hydrogens is 350 g/mol. The summed E-state index contributed by atoms with van der Waals surface area (Å²) in [6.45, 7) is 2.41. The van der Waals surface area contributed by atoms with Gasteiger partial charge in [-0.2, -0.15) is 10.2 Å². The number of benzene rings is 2. The Balaban J connectivity index is 1.70. The fourth-order valence-corrected chi connectivity index (χ4v) is 2.71. The van der Waals surface area contributed by atoms with Crippen LogP contribution in [0.5, 0.6) is 0 Å². The van der Waals surface area contributed by atoms with Crippen LogP contribution in [-0.4, -0.2) is 21.9 Å². The van der Waals surface area contributed by atoms with E-state index < -0.39 is 0 Å². The van der Waals surface area contributed by atoms with Gasteiger partial charge in [-0.3, -0.25) is 4.79 Å². The van der Waals surface area contributed by atoms with Crippen LogP contribution >= 0.6 is 11.6 Å². The molecule has 0 atom stereocenters. The maximum Gasteiger partial charge on any atom is 0.271 e. The molecule has 3 aromatic rings. The minimum atomic E-state index is -0.327. The number of carbonyl (C=O) groups excluding carboxylic acids is 1. The van der Waals surface area contributed by atoms with Gasteiger partial charge in [-0.25, -0.2) is 10.1 Å². The molecule has 0 saturated carbocycles. The summed E-state index contributed by atoms with van der Waals surface area (Å²) in [7, 11) is 0. The van der Waals surface area contributed by atoms with Crippen LogP contribution in [0.3, 0.4) is 0 Å². The van der Waals surface area contributed by atoms with E-state index in [0.29, 0.717) is 28.5 Å². The highest BCUT2D eigenvalue weighted by Crippen LogP contribution is 2.19. The van der Waals surface area contributed by atoms with E-state index in [2.05, 4.69) is 15.6 Å². The number of hydrazone groups is 1. The quantitative estimate of drug-likeness (QED) is 0.412. The fourth-order valence-electron chi connectivity index (χ4n) is 2.43. The molecule has 3 N–H and O–H groups in total. The van der Waals surface area contributed by atoms with E-state index in [1.165, 1.54) is 6.21 Å². The van der Waals surface area contributed by atoms with Crippen LogP contribution in [0, 0.1) is 6.92 Å². The highest BCUT2D eigenvalue weighted by atomic mass is 35.5. The molecule has 6 nitrogen and oxygen atoms in total. The largest absolute Gasteiger partial charge is 0.399 e. The molecule has 2 aromatic carbocycles. The van der Waals surface area contributed by atoms with Crippen LogP contribution in [0.1, 0.15) is 27.2 Å². The average molecular weight is 368 g/mol. The number of nitrogens with zero attached hydrogens (tertiary/aromatic N) is 3. The Kier molecular flexibility index (Phi) is 5.34. The van der Waals surface area contributed by atoms with Gasteiger partial charge in [0.2, 0.25) is 0 Å². The van der Waals surface area contributed by atoms with Gasteiger partial charge in [0.25, 0.3) is 5.91 Å². The lowest BCUT2D eigenvalue weighted by Crippen LogP contribution is -2.17. The number of rotatable bonds is 5. The lowest BCUT2D eigenvalue weighted by atomic mass is 10.2. The predicted octanol–water partition coefficient (Wildman–Crippen LogP) is 3.24. The molecule has 0 saturated heterocycles. The number of hydrogen-bond donors (Lipinski definition) is 2. The number of nitrogens with two attached hydrogens (primary N) is 1. The zero-order valence-corrected chi connectivity index (χ0v) is 14.9. The molecule has 1 aromatic heterocycles. The van der Waals surface area contributed by atoms with Gasteiger partial charge < -0.3 is 5.73 Å². The summed E-state index contributed by atoms with van der Waals surface area (Å²) in [5, 5.41) is 8.90. The van der Waals surface area contributed by atoms with E-state index in [0.717, 1.165) is 11.3 Å². The number of hydrogen-bond acceptors (Lipinski definition) is 4. The first-order chi connectivity index (χ1) is 12.5. The number of aromatic nitrogens is 2. The number of nitrogen functional groups attached to an aromatic ring is 1. The second-order valence-corrected chi connectivity index (χ2v) is 6.11. The predicted molar refractivity (Wildman–Crippen MR) is 103 cm³/mol. The second kappa shape index (κ2) is 7.84. The van der Waals surface area contributed by atoms with Crippen LogP contribution in [0.2, 0.25) is 5.15 Å². The van der Waals surface area contributed by atoms with Crippen molar-refractivity contribution in [1.29, 1.82) is 0 Å². The minimum absolute atomic E-state index is 0.327. The summed E-state index contributed by atoms with van der Waals surface area (Å²) < 4.78 is 1.70. The first-order valence-electron chi connectivity index (χ1n) is 8.00. The van der Waals surface area contributed by atoms with Gasteiger partial charge in [0.05, 0.1) is 24.0 Å². The molecule has 0 aliphatic rings. The van der Waals surface area contributed by atoms with Gasteiger partial charge >= 0.3 is 0 Å². The average Bonchev–Trinajstić information content (AvgIpc) is 2.90. The second-order valence-electron chi connectivity index (χ2n) is 5.75. The normalized spacial score (nSPS) is 11.0. The monoisotopic (exact) mass is 367 g/mol. The van der Waals surface area contributed by atoms with Crippen molar-refractivity contribution in [2.24, 2.45) is 5.10 Å². The van der Waals surface area contributed by atoms with E-state index in [9.17, 15) is 4.79 Å². The number of aryl methyl sites for hydroxylation is 1. The van der Waals surface area contributed by atoms with Crippen molar-refractivity contribution in [1.82, 2.24) is 15.2 Å². The number of nitrogens with one attached hydrogen (secondary N) is 1. The van der Waals surface area contributed by atoms with Crippen molar-refractivity contribution in [2.45, 2.75) is 13.5 Å². The third-order valence-electron chi connectivity index (χ3n) is 3.82. The molecule has 26 heavy (non-hydrogen) atoms. The van der Waals surface area contributed by atoms with Crippen molar-refractivity contribution in [3.63, 3.8) is 0 Å². The Labute approximate surface area is 156 Å². The molecule has 0 aliphatic carbocycles. The Hall–Kier alpha value is -3.12. The summed E-state index contributed by atoms with van der Waals surface area (Å²) in [5.41, 5.74) is 11.6. The van der Waals surface area contributed by atoms with Crippen LogP contribution < -0.4 is 11.2 Å². The lowest BCUT2D eigenvalue weighted by molar-refractivity contribution is 0.0955. The summed E-state index contributed by atoms with van der Waals surface area (Å²) in [6, 6.07) is 16.5. The Morgan fingerprint density at radius 1 is 1.23 bits per heavy atom. The van der Waals surface area contributed by atoms with Crippen LogP contribution in [0.25, 0.3) is 0 Å². The first-order valence-corrected chi connectivity index (χ1v) is 8.38. The smallest absolute Gasteiger partial charge is 0.271 e. The van der Waals surface area contributed by atoms with Crippen molar-refractivity contribution in [3.8, 4) is 0 Å². The molecule has 1 heterocycles. The maximum absolute atomic E-state index is 12.0. The summed E-state index contributed by atoms with van der Waals surface area (Å²) in [6.07, 6.45) is 1.50. The van der Waals surface area contributed by atoms with Crippen molar-refractivity contribution < 1.29 is 4.79 Å². The van der Waals surface area contributed by atoms with Crippen LogP contribution in [0.4, 0.5) is 5.69 Å². The Bertz CT molecular complexity index is 933. The van der Waals surface area contributed by atoms with Crippen molar-refractivity contribution in [3.05, 3.63) is 82.1 Å². The first kappa shape index (κ1) is 17.7. The van der Waals surface area contributed by atoms with Gasteiger partial charge in [0.1, 0.15) is 5.15 Å². The molecule has 0 fully saturated rings. The molecule has 0 spiro atoms. The molecule has 0 radical (unpaired) electrons. The van der Waals surface area contributed by atoms with Gasteiger partial charge in [-0.1, -0.05) is 41.9 Å². The molecule has 132 valence electrons. The zero-order valence-electron chi connectivity index (χ0n) is 14.2. The molecule has 3 rings (SSSR count). The third-order valence-corrected chi connectivity index (χ3v) is 4.22. The highest BCUT2D eigenvalue weighted by molar-refractivity contribution is 6.32. The lowest BCUT2D eigenvalue weighted by Gasteiger charge is -2.03. The van der Waals surface area contributed by atoms with E-state index in [-0.39, 0.29) is 5.91 Å². The van der Waals surface area contributed by atoms with Crippen molar-refractivity contribution in [2.75, 3.05) is 5.73 Å². The van der Waals surface area contributed by atoms with Crippen molar-refractivity contribution >= 4 is 29.4 Å². The molecular formula is C19H18ClN5O. The van der Waals surface area contributed by atoms with Gasteiger partial charge in [-0.15, -0.1) is 0 Å². The fraction of sp³-hybridized carbons (Fsp3) is 0.105. The van der Waals surface area contributed by atoms with Crippen LogP contribution in [-0.2, 0) is 6.54 Å².